The largest absolute Gasteiger partial charge is 1.00 e. The summed E-state index contributed by atoms with van der Waals surface area (Å²) in [6.45, 7) is 8.70. The van der Waals surface area contributed by atoms with Gasteiger partial charge in [-0.25, -0.2) is 8.42 Å². The van der Waals surface area contributed by atoms with Crippen molar-refractivity contribution in [2.75, 3.05) is 11.4 Å². The van der Waals surface area contributed by atoms with Crippen molar-refractivity contribution < 1.29 is 42.5 Å². The molecule has 6 heteroatoms. The van der Waals surface area contributed by atoms with Crippen molar-refractivity contribution in [2.45, 2.75) is 50.8 Å². The van der Waals surface area contributed by atoms with Crippen LogP contribution in [0.3, 0.4) is 0 Å². The van der Waals surface area contributed by atoms with E-state index in [0.717, 1.165) is 5.69 Å². The molecule has 2 aromatic carbocycles. The number of fused-ring (bicyclic) bond motifs is 3. The molecule has 1 heterocycles. The first-order valence-electron chi connectivity index (χ1n) is 8.37. The van der Waals surface area contributed by atoms with E-state index < -0.39 is 15.4 Å². The van der Waals surface area contributed by atoms with Crippen LogP contribution in [0.1, 0.15) is 39.7 Å². The van der Waals surface area contributed by atoms with E-state index in [4.69, 9.17) is 0 Å². The maximum Gasteiger partial charge on any atom is 1.00 e. The van der Waals surface area contributed by atoms with Gasteiger partial charge in [-0.05, 0) is 42.7 Å². The average Bonchev–Trinajstić information content (AvgIpc) is 2.71. The normalized spacial score (nSPS) is 20.2. The summed E-state index contributed by atoms with van der Waals surface area (Å²) in [6, 6.07) is 12.8. The van der Waals surface area contributed by atoms with Gasteiger partial charge < -0.3 is 9.45 Å². The van der Waals surface area contributed by atoms with Crippen LogP contribution < -0.4 is 34.5 Å². The van der Waals surface area contributed by atoms with Gasteiger partial charge in [0.1, 0.15) is 0 Å². The summed E-state index contributed by atoms with van der Waals surface area (Å²) in [7, 11) is -4.23. The fourth-order valence-corrected chi connectivity index (χ4v) is 4.16. The van der Waals surface area contributed by atoms with Crippen molar-refractivity contribution in [1.29, 1.82) is 0 Å². The Labute approximate surface area is 172 Å². The Kier molecular flexibility index (Phi) is 5.97. The smallest absolute Gasteiger partial charge is 0.748 e. The first kappa shape index (κ1) is 20.7. The molecule has 0 spiro atoms. The SMILES string of the molecule is CC1N(CCC(C)S(=O)(=O)[O-])c2ccc3ccccc3c2C1(C)C.[Na+]. The molecule has 2 aromatic rings. The molecule has 1 aliphatic heterocycles. The molecule has 25 heavy (non-hydrogen) atoms. The van der Waals surface area contributed by atoms with Crippen LogP contribution in [0.4, 0.5) is 5.69 Å². The van der Waals surface area contributed by atoms with Crippen molar-refractivity contribution in [3.8, 4) is 0 Å². The van der Waals surface area contributed by atoms with Crippen LogP contribution in [-0.4, -0.2) is 30.8 Å². The summed E-state index contributed by atoms with van der Waals surface area (Å²) in [4.78, 5) is 2.25. The van der Waals surface area contributed by atoms with Gasteiger partial charge in [-0.15, -0.1) is 0 Å². The molecule has 0 amide bonds. The summed E-state index contributed by atoms with van der Waals surface area (Å²) in [5.41, 5.74) is 2.42. The van der Waals surface area contributed by atoms with Crippen molar-refractivity contribution in [2.24, 2.45) is 0 Å². The third-order valence-corrected chi connectivity index (χ3v) is 6.86. The Balaban J connectivity index is 0.00000225. The summed E-state index contributed by atoms with van der Waals surface area (Å²) in [5.74, 6) is 0. The molecule has 1 aliphatic rings. The molecule has 4 nitrogen and oxygen atoms in total. The van der Waals surface area contributed by atoms with Crippen molar-refractivity contribution in [1.82, 2.24) is 0 Å². The van der Waals surface area contributed by atoms with E-state index in [1.807, 2.05) is 6.07 Å². The third-order valence-electron chi connectivity index (χ3n) is 5.64. The minimum absolute atomic E-state index is 0. The van der Waals surface area contributed by atoms with E-state index in [2.05, 4.69) is 56.0 Å². The summed E-state index contributed by atoms with van der Waals surface area (Å²) >= 11 is 0. The molecule has 0 fully saturated rings. The standard InChI is InChI=1S/C19H25NO3S.Na/c1-13(24(21,22)23)11-12-20-14(2)19(3,4)18-16-8-6-5-7-15(16)9-10-17(18)20;/h5-10,13-14H,11-12H2,1-4H3,(H,21,22,23);/q;+1/p-1. The topological polar surface area (TPSA) is 60.4 Å². The number of anilines is 1. The summed E-state index contributed by atoms with van der Waals surface area (Å²) < 4.78 is 33.6. The molecular weight excluding hydrogens is 345 g/mol. The first-order valence-corrected chi connectivity index (χ1v) is 9.84. The summed E-state index contributed by atoms with van der Waals surface area (Å²) in [6.07, 6.45) is 0.346. The number of benzene rings is 2. The van der Waals surface area contributed by atoms with E-state index in [-0.39, 0.29) is 41.0 Å². The van der Waals surface area contributed by atoms with Gasteiger partial charge in [-0.3, -0.25) is 0 Å². The van der Waals surface area contributed by atoms with Crippen molar-refractivity contribution in [3.63, 3.8) is 0 Å². The molecule has 0 aromatic heterocycles. The van der Waals surface area contributed by atoms with Crippen molar-refractivity contribution in [3.05, 3.63) is 42.0 Å². The van der Waals surface area contributed by atoms with Gasteiger partial charge in [0.15, 0.2) is 0 Å². The van der Waals surface area contributed by atoms with Gasteiger partial charge >= 0.3 is 29.6 Å². The Morgan fingerprint density at radius 3 is 2.48 bits per heavy atom. The molecule has 0 bridgehead atoms. The van der Waals surface area contributed by atoms with Gasteiger partial charge in [0.25, 0.3) is 0 Å². The Morgan fingerprint density at radius 1 is 1.20 bits per heavy atom. The molecule has 2 atom stereocenters. The monoisotopic (exact) mass is 369 g/mol. The molecular formula is C19H24NNaO3S. The van der Waals surface area contributed by atoms with Gasteiger partial charge in [0.2, 0.25) is 0 Å². The van der Waals surface area contributed by atoms with Gasteiger partial charge in [-0.2, -0.15) is 0 Å². The second-order valence-electron chi connectivity index (χ2n) is 7.36. The Hall–Kier alpha value is -0.590. The van der Waals surface area contributed by atoms with Crippen LogP contribution in [0.2, 0.25) is 0 Å². The molecule has 2 unspecified atom stereocenters. The Bertz CT molecular complexity index is 879. The molecule has 0 aliphatic carbocycles. The van der Waals surface area contributed by atoms with E-state index in [1.54, 1.807) is 0 Å². The van der Waals surface area contributed by atoms with E-state index in [0.29, 0.717) is 13.0 Å². The average molecular weight is 369 g/mol. The van der Waals surface area contributed by atoms with Crippen LogP contribution >= 0.6 is 0 Å². The predicted octanol–water partition coefficient (Wildman–Crippen LogP) is 0.654. The third kappa shape index (κ3) is 3.62. The van der Waals surface area contributed by atoms with E-state index >= 15 is 0 Å². The van der Waals surface area contributed by atoms with Gasteiger partial charge in [0.05, 0.1) is 10.1 Å². The predicted molar refractivity (Wildman–Crippen MR) is 97.6 cm³/mol. The Morgan fingerprint density at radius 2 is 1.84 bits per heavy atom. The fourth-order valence-electron chi connectivity index (χ4n) is 3.76. The van der Waals surface area contributed by atoms with E-state index in [1.165, 1.54) is 23.3 Å². The van der Waals surface area contributed by atoms with Crippen LogP contribution in [0.5, 0.6) is 0 Å². The second-order valence-corrected chi connectivity index (χ2v) is 9.15. The van der Waals surface area contributed by atoms with Crippen molar-refractivity contribution >= 4 is 26.6 Å². The summed E-state index contributed by atoms with van der Waals surface area (Å²) in [5, 5.41) is 1.60. The van der Waals surface area contributed by atoms with E-state index in [9.17, 15) is 13.0 Å². The minimum atomic E-state index is -4.23. The number of hydrogen-bond acceptors (Lipinski definition) is 4. The molecule has 3 rings (SSSR count). The zero-order valence-electron chi connectivity index (χ0n) is 15.6. The second kappa shape index (κ2) is 7.20. The van der Waals surface area contributed by atoms with Crippen LogP contribution in [0.15, 0.2) is 36.4 Å². The number of hydrogen-bond donors (Lipinski definition) is 0. The number of rotatable bonds is 4. The maximum atomic E-state index is 11.2. The minimum Gasteiger partial charge on any atom is -0.748 e. The van der Waals surface area contributed by atoms with Crippen LogP contribution in [0.25, 0.3) is 10.8 Å². The van der Waals surface area contributed by atoms with Crippen LogP contribution in [-0.2, 0) is 15.5 Å². The molecule has 130 valence electrons. The first-order chi connectivity index (χ1) is 11.1. The fraction of sp³-hybridized carbons (Fsp3) is 0.474. The van der Waals surface area contributed by atoms with Crippen LogP contribution in [0, 0.1) is 0 Å². The van der Waals surface area contributed by atoms with Gasteiger partial charge in [0, 0.05) is 28.9 Å². The van der Waals surface area contributed by atoms with Gasteiger partial charge in [-0.1, -0.05) is 44.2 Å². The zero-order chi connectivity index (χ0) is 17.7. The zero-order valence-corrected chi connectivity index (χ0v) is 18.4. The quantitative estimate of drug-likeness (QED) is 0.587. The molecule has 0 saturated carbocycles. The molecule has 0 saturated heterocycles. The molecule has 0 N–H and O–H groups in total. The maximum absolute atomic E-state index is 11.2. The molecule has 0 radical (unpaired) electrons. The number of nitrogens with zero attached hydrogens (tertiary/aromatic N) is 1.